The summed E-state index contributed by atoms with van der Waals surface area (Å²) in [6.45, 7) is 4.00. The second kappa shape index (κ2) is 7.69. The van der Waals surface area contributed by atoms with Gasteiger partial charge in [0.2, 0.25) is 5.82 Å². The first-order chi connectivity index (χ1) is 14.1. The summed E-state index contributed by atoms with van der Waals surface area (Å²) in [4.78, 5) is 11.4. The van der Waals surface area contributed by atoms with Crippen molar-refractivity contribution in [3.05, 3.63) is 72.8 Å². The number of aromatic nitrogens is 4. The summed E-state index contributed by atoms with van der Waals surface area (Å²) in [6, 6.07) is 13.0. The molecule has 0 amide bonds. The molecule has 0 bridgehead atoms. The van der Waals surface area contributed by atoms with Crippen LogP contribution in [0.2, 0.25) is 0 Å². The summed E-state index contributed by atoms with van der Waals surface area (Å²) in [7, 11) is 0. The monoisotopic (exact) mass is 386 g/mol. The molecule has 0 spiro atoms. The first-order valence-corrected chi connectivity index (χ1v) is 8.68. The molecule has 6 N–H and O–H groups in total. The fourth-order valence-electron chi connectivity index (χ4n) is 2.69. The van der Waals surface area contributed by atoms with E-state index < -0.39 is 0 Å². The quantitative estimate of drug-likeness (QED) is 0.240. The summed E-state index contributed by atoms with van der Waals surface area (Å²) in [5.74, 6) is 0.436. The number of nitrogens with two attached hydrogens (primary N) is 1. The normalized spacial score (nSPS) is 10.5. The number of nitrogens with zero attached hydrogens (tertiary/aromatic N) is 3. The Bertz CT molecular complexity index is 1160. The van der Waals surface area contributed by atoms with E-state index in [0.29, 0.717) is 28.5 Å². The molecule has 0 saturated heterocycles. The lowest BCUT2D eigenvalue weighted by molar-refractivity contribution is 0.435. The largest absolute Gasteiger partial charge is 0.398 e. The number of hydrogen-bond donors (Lipinski definition) is 5. The van der Waals surface area contributed by atoms with Crippen molar-refractivity contribution in [2.75, 3.05) is 16.4 Å². The SMILES string of the molecule is C=C(Nc1cccc(-c2noc(Nc3ccc(N)c(C=N)c3)n2)c1)c1cnc[nH]1. The van der Waals surface area contributed by atoms with Gasteiger partial charge in [-0.2, -0.15) is 4.98 Å². The van der Waals surface area contributed by atoms with Gasteiger partial charge in [0.05, 0.1) is 23.9 Å². The maximum Gasteiger partial charge on any atom is 0.326 e. The van der Waals surface area contributed by atoms with Gasteiger partial charge in [0.1, 0.15) is 0 Å². The number of hydrogen-bond acceptors (Lipinski definition) is 8. The maximum absolute atomic E-state index is 7.39. The van der Waals surface area contributed by atoms with Crippen molar-refractivity contribution in [1.29, 1.82) is 5.41 Å². The van der Waals surface area contributed by atoms with Crippen LogP contribution in [0.4, 0.5) is 23.1 Å². The van der Waals surface area contributed by atoms with Crippen molar-refractivity contribution < 1.29 is 4.52 Å². The second-order valence-electron chi connectivity index (χ2n) is 6.19. The van der Waals surface area contributed by atoms with Crippen molar-refractivity contribution >= 4 is 35.0 Å². The van der Waals surface area contributed by atoms with Crippen LogP contribution in [0.25, 0.3) is 17.1 Å². The Morgan fingerprint density at radius 3 is 2.90 bits per heavy atom. The highest BCUT2D eigenvalue weighted by atomic mass is 16.5. The van der Waals surface area contributed by atoms with Gasteiger partial charge in [-0.1, -0.05) is 23.9 Å². The highest BCUT2D eigenvalue weighted by Crippen LogP contribution is 2.25. The van der Waals surface area contributed by atoms with E-state index in [1.807, 2.05) is 24.3 Å². The third-order valence-electron chi connectivity index (χ3n) is 4.16. The summed E-state index contributed by atoms with van der Waals surface area (Å²) >= 11 is 0. The van der Waals surface area contributed by atoms with Crippen LogP contribution in [0.5, 0.6) is 0 Å². The van der Waals surface area contributed by atoms with Crippen LogP contribution in [-0.4, -0.2) is 26.3 Å². The van der Waals surface area contributed by atoms with Gasteiger partial charge in [-0.15, -0.1) is 0 Å². The molecular formula is C20H18N8O. The number of imidazole rings is 1. The lowest BCUT2D eigenvalue weighted by Gasteiger charge is -2.08. The Morgan fingerprint density at radius 2 is 2.10 bits per heavy atom. The fraction of sp³-hybridized carbons (Fsp3) is 0. The fourth-order valence-corrected chi connectivity index (χ4v) is 2.69. The Balaban J connectivity index is 1.51. The lowest BCUT2D eigenvalue weighted by Crippen LogP contribution is -1.98. The summed E-state index contributed by atoms with van der Waals surface area (Å²) < 4.78 is 5.29. The Hall–Kier alpha value is -4.40. The zero-order valence-electron chi connectivity index (χ0n) is 15.3. The van der Waals surface area contributed by atoms with Crippen LogP contribution >= 0.6 is 0 Å². The summed E-state index contributed by atoms with van der Waals surface area (Å²) in [6.07, 6.45) is 4.48. The zero-order chi connectivity index (χ0) is 20.2. The minimum absolute atomic E-state index is 0.237. The molecule has 0 unspecified atom stereocenters. The third kappa shape index (κ3) is 3.98. The number of nitrogens with one attached hydrogen (secondary N) is 4. The summed E-state index contributed by atoms with van der Waals surface area (Å²) in [5.41, 5.74) is 10.7. The number of H-pyrrole nitrogens is 1. The number of nitrogen functional groups attached to an aromatic ring is 1. The molecule has 2 heterocycles. The molecule has 9 heteroatoms. The lowest BCUT2D eigenvalue weighted by atomic mass is 10.2. The second-order valence-corrected chi connectivity index (χ2v) is 6.19. The topological polar surface area (TPSA) is 142 Å². The first-order valence-electron chi connectivity index (χ1n) is 8.68. The van der Waals surface area contributed by atoms with Gasteiger partial charge in [0.25, 0.3) is 0 Å². The van der Waals surface area contributed by atoms with E-state index in [1.54, 1.807) is 30.7 Å². The number of rotatable bonds is 7. The van der Waals surface area contributed by atoms with Crippen molar-refractivity contribution in [2.45, 2.75) is 0 Å². The molecule has 4 aromatic rings. The van der Waals surface area contributed by atoms with E-state index in [2.05, 4.69) is 37.3 Å². The molecule has 2 aromatic heterocycles. The van der Waals surface area contributed by atoms with Crippen molar-refractivity contribution in [1.82, 2.24) is 20.1 Å². The van der Waals surface area contributed by atoms with Crippen molar-refractivity contribution in [3.63, 3.8) is 0 Å². The minimum Gasteiger partial charge on any atom is -0.398 e. The molecule has 144 valence electrons. The van der Waals surface area contributed by atoms with E-state index in [0.717, 1.165) is 16.9 Å². The van der Waals surface area contributed by atoms with Gasteiger partial charge in [0, 0.05) is 34.4 Å². The van der Waals surface area contributed by atoms with Gasteiger partial charge >= 0.3 is 6.01 Å². The van der Waals surface area contributed by atoms with Crippen LogP contribution < -0.4 is 16.4 Å². The van der Waals surface area contributed by atoms with E-state index in [9.17, 15) is 0 Å². The molecule has 0 aliphatic carbocycles. The zero-order valence-corrected chi connectivity index (χ0v) is 15.3. The van der Waals surface area contributed by atoms with Crippen LogP contribution in [0.1, 0.15) is 11.3 Å². The maximum atomic E-state index is 7.39. The molecule has 0 radical (unpaired) electrons. The Morgan fingerprint density at radius 1 is 1.21 bits per heavy atom. The standard InChI is InChI=1S/C20H18N8O/c1-12(18-10-23-11-24-18)25-15-4-2-3-13(7-15)19-27-20(29-28-19)26-16-5-6-17(22)14(8-16)9-21/h2-11,21,25H,1,22H2,(H,23,24)(H,26,27,28). The van der Waals surface area contributed by atoms with Gasteiger partial charge in [-0.3, -0.25) is 0 Å². The molecule has 0 atom stereocenters. The third-order valence-corrected chi connectivity index (χ3v) is 4.16. The molecule has 0 aliphatic rings. The number of anilines is 4. The van der Waals surface area contributed by atoms with Crippen LogP contribution in [0, 0.1) is 5.41 Å². The van der Waals surface area contributed by atoms with Crippen LogP contribution in [0.3, 0.4) is 0 Å². The number of benzene rings is 2. The molecule has 2 aromatic carbocycles. The smallest absolute Gasteiger partial charge is 0.326 e. The number of aromatic amines is 1. The average molecular weight is 386 g/mol. The molecule has 0 fully saturated rings. The molecule has 0 aliphatic heterocycles. The van der Waals surface area contributed by atoms with Crippen LogP contribution in [-0.2, 0) is 0 Å². The summed E-state index contributed by atoms with van der Waals surface area (Å²) in [5, 5.41) is 17.7. The Kier molecular flexibility index (Phi) is 4.77. The van der Waals surface area contributed by atoms with E-state index in [1.165, 1.54) is 6.21 Å². The van der Waals surface area contributed by atoms with Crippen LogP contribution in [0.15, 0.2) is 66.1 Å². The minimum atomic E-state index is 0.237. The predicted molar refractivity (Wildman–Crippen MR) is 113 cm³/mol. The highest BCUT2D eigenvalue weighted by molar-refractivity contribution is 5.87. The van der Waals surface area contributed by atoms with E-state index in [-0.39, 0.29) is 6.01 Å². The molecule has 9 nitrogen and oxygen atoms in total. The van der Waals surface area contributed by atoms with Gasteiger partial charge in [0.15, 0.2) is 0 Å². The first kappa shape index (κ1) is 18.0. The average Bonchev–Trinajstić information content (AvgIpc) is 3.42. The molecular weight excluding hydrogens is 368 g/mol. The van der Waals surface area contributed by atoms with E-state index in [4.69, 9.17) is 15.7 Å². The predicted octanol–water partition coefficient (Wildman–Crippen LogP) is 3.87. The Labute approximate surface area is 166 Å². The van der Waals surface area contributed by atoms with Crippen molar-refractivity contribution in [2.24, 2.45) is 0 Å². The van der Waals surface area contributed by atoms with E-state index >= 15 is 0 Å². The molecule has 29 heavy (non-hydrogen) atoms. The van der Waals surface area contributed by atoms with Gasteiger partial charge in [-0.25, -0.2) is 4.98 Å². The van der Waals surface area contributed by atoms with Gasteiger partial charge < -0.3 is 31.3 Å². The van der Waals surface area contributed by atoms with Gasteiger partial charge in [-0.05, 0) is 30.3 Å². The molecule has 0 saturated carbocycles. The highest BCUT2D eigenvalue weighted by Gasteiger charge is 2.11. The molecule has 4 rings (SSSR count). The van der Waals surface area contributed by atoms with Crippen molar-refractivity contribution in [3.8, 4) is 11.4 Å².